The van der Waals surface area contributed by atoms with Gasteiger partial charge in [0.05, 0.1) is 11.1 Å². The first-order valence-electron chi connectivity index (χ1n) is 7.59. The first kappa shape index (κ1) is 15.0. The molecule has 23 heavy (non-hydrogen) atoms. The lowest BCUT2D eigenvalue weighted by Gasteiger charge is -2.15. The highest BCUT2D eigenvalue weighted by atomic mass is 16.4. The molecule has 0 aliphatic heterocycles. The second-order valence-electron chi connectivity index (χ2n) is 5.42. The van der Waals surface area contributed by atoms with Crippen LogP contribution in [0.4, 0.5) is 0 Å². The quantitative estimate of drug-likeness (QED) is 0.455. The predicted molar refractivity (Wildman–Crippen MR) is 92.9 cm³/mol. The van der Waals surface area contributed by atoms with Crippen LogP contribution in [0.3, 0.4) is 0 Å². The van der Waals surface area contributed by atoms with Crippen LogP contribution in [-0.4, -0.2) is 15.5 Å². The summed E-state index contributed by atoms with van der Waals surface area (Å²) in [7, 11) is 0. The summed E-state index contributed by atoms with van der Waals surface area (Å²) in [5, 5.41) is 13.8. The summed E-state index contributed by atoms with van der Waals surface area (Å²) in [6.07, 6.45) is 0.747. The molecule has 0 bridgehead atoms. The molecule has 0 spiro atoms. The van der Waals surface area contributed by atoms with Crippen molar-refractivity contribution < 1.29 is 5.21 Å². The molecule has 0 fully saturated rings. The maximum atomic E-state index is 13.2. The summed E-state index contributed by atoms with van der Waals surface area (Å²) in [6.45, 7) is 3.72. The lowest BCUT2D eigenvalue weighted by molar-refractivity contribution is 0.319. The van der Waals surface area contributed by atoms with Crippen molar-refractivity contribution >= 4 is 16.5 Å². The van der Waals surface area contributed by atoms with E-state index in [1.165, 1.54) is 0 Å². The first-order valence-corrected chi connectivity index (χ1v) is 7.59. The van der Waals surface area contributed by atoms with Gasteiger partial charge in [0, 0.05) is 16.9 Å². The summed E-state index contributed by atoms with van der Waals surface area (Å²) < 4.78 is 1.73. The number of para-hydroxylation sites is 1. The smallest absolute Gasteiger partial charge is 0.263 e. The minimum Gasteiger partial charge on any atom is -0.411 e. The standard InChI is InChI=1S/C19H18N2O2/c1-3-15-12-14-8-7-11-17(13(2)20-23)18(14)19(22)21(15)16-9-5-4-6-10-16/h4-12,23H,3H2,1-2H3/b20-13-. The van der Waals surface area contributed by atoms with Crippen LogP contribution >= 0.6 is 0 Å². The Hall–Kier alpha value is -2.88. The van der Waals surface area contributed by atoms with Crippen molar-refractivity contribution in [3.8, 4) is 5.69 Å². The molecule has 4 nitrogen and oxygen atoms in total. The Morgan fingerprint density at radius 2 is 1.87 bits per heavy atom. The Kier molecular flexibility index (Phi) is 3.98. The van der Waals surface area contributed by atoms with Crippen LogP contribution in [0.1, 0.15) is 25.1 Å². The average molecular weight is 306 g/mol. The van der Waals surface area contributed by atoms with Gasteiger partial charge in [-0.3, -0.25) is 9.36 Å². The van der Waals surface area contributed by atoms with E-state index in [-0.39, 0.29) is 5.56 Å². The van der Waals surface area contributed by atoms with E-state index in [1.54, 1.807) is 17.6 Å². The van der Waals surface area contributed by atoms with Crippen molar-refractivity contribution in [1.82, 2.24) is 4.57 Å². The first-order chi connectivity index (χ1) is 11.2. The fourth-order valence-electron chi connectivity index (χ4n) is 2.89. The van der Waals surface area contributed by atoms with E-state index in [0.717, 1.165) is 23.2 Å². The lowest BCUT2D eigenvalue weighted by Crippen LogP contribution is -2.23. The van der Waals surface area contributed by atoms with Gasteiger partial charge in [0.25, 0.3) is 5.56 Å². The summed E-state index contributed by atoms with van der Waals surface area (Å²) >= 11 is 0. The maximum absolute atomic E-state index is 13.2. The van der Waals surface area contributed by atoms with Gasteiger partial charge in [0.2, 0.25) is 0 Å². The number of aryl methyl sites for hydroxylation is 1. The van der Waals surface area contributed by atoms with Crippen LogP contribution in [0, 0.1) is 0 Å². The summed E-state index contributed by atoms with van der Waals surface area (Å²) in [5.74, 6) is 0. The Bertz CT molecular complexity index is 941. The van der Waals surface area contributed by atoms with E-state index in [2.05, 4.69) is 5.16 Å². The van der Waals surface area contributed by atoms with Crippen LogP contribution in [0.5, 0.6) is 0 Å². The highest BCUT2D eigenvalue weighted by Gasteiger charge is 2.14. The second-order valence-corrected chi connectivity index (χ2v) is 5.42. The molecular weight excluding hydrogens is 288 g/mol. The fourth-order valence-corrected chi connectivity index (χ4v) is 2.89. The van der Waals surface area contributed by atoms with E-state index in [0.29, 0.717) is 16.7 Å². The molecule has 0 unspecified atom stereocenters. The van der Waals surface area contributed by atoms with Crippen molar-refractivity contribution in [2.75, 3.05) is 0 Å². The van der Waals surface area contributed by atoms with Gasteiger partial charge in [-0.05, 0) is 36.9 Å². The number of fused-ring (bicyclic) bond motifs is 1. The van der Waals surface area contributed by atoms with E-state index in [9.17, 15) is 4.79 Å². The molecule has 0 saturated heterocycles. The number of pyridine rings is 1. The number of benzene rings is 2. The van der Waals surface area contributed by atoms with Gasteiger partial charge < -0.3 is 5.21 Å². The van der Waals surface area contributed by atoms with Crippen molar-refractivity contribution in [1.29, 1.82) is 0 Å². The zero-order chi connectivity index (χ0) is 16.4. The Morgan fingerprint density at radius 1 is 1.13 bits per heavy atom. The number of nitrogens with zero attached hydrogens (tertiary/aromatic N) is 2. The number of hydrogen-bond acceptors (Lipinski definition) is 3. The van der Waals surface area contributed by atoms with Gasteiger partial charge in [-0.2, -0.15) is 0 Å². The molecule has 0 atom stereocenters. The van der Waals surface area contributed by atoms with Crippen molar-refractivity contribution in [3.05, 3.63) is 76.2 Å². The van der Waals surface area contributed by atoms with Crippen molar-refractivity contribution in [2.24, 2.45) is 5.16 Å². The monoisotopic (exact) mass is 306 g/mol. The molecule has 116 valence electrons. The minimum absolute atomic E-state index is 0.0934. The summed E-state index contributed by atoms with van der Waals surface area (Å²) in [6, 6.07) is 17.2. The molecule has 1 aromatic heterocycles. The van der Waals surface area contributed by atoms with Gasteiger partial charge in [-0.25, -0.2) is 0 Å². The molecule has 0 amide bonds. The molecule has 0 saturated carbocycles. The van der Waals surface area contributed by atoms with Crippen LogP contribution in [0.25, 0.3) is 16.5 Å². The predicted octanol–water partition coefficient (Wildman–Crippen LogP) is 3.75. The zero-order valence-corrected chi connectivity index (χ0v) is 13.2. The highest BCUT2D eigenvalue weighted by Crippen LogP contribution is 2.20. The Balaban J connectivity index is 2.46. The van der Waals surface area contributed by atoms with Crippen molar-refractivity contribution in [2.45, 2.75) is 20.3 Å². The van der Waals surface area contributed by atoms with Gasteiger partial charge in [-0.15, -0.1) is 0 Å². The molecule has 1 heterocycles. The third kappa shape index (κ3) is 2.52. The van der Waals surface area contributed by atoms with Crippen LogP contribution in [-0.2, 0) is 6.42 Å². The van der Waals surface area contributed by atoms with Crippen LogP contribution in [0.15, 0.2) is 64.5 Å². The summed E-state index contributed by atoms with van der Waals surface area (Å²) in [5.41, 5.74) is 2.78. The number of hydrogen-bond donors (Lipinski definition) is 1. The summed E-state index contributed by atoms with van der Waals surface area (Å²) in [4.78, 5) is 13.2. The van der Waals surface area contributed by atoms with Crippen molar-refractivity contribution in [3.63, 3.8) is 0 Å². The van der Waals surface area contributed by atoms with Crippen LogP contribution in [0.2, 0.25) is 0 Å². The lowest BCUT2D eigenvalue weighted by atomic mass is 10.0. The molecule has 2 aromatic carbocycles. The highest BCUT2D eigenvalue weighted by molar-refractivity contribution is 6.09. The molecule has 0 radical (unpaired) electrons. The zero-order valence-electron chi connectivity index (χ0n) is 13.2. The largest absolute Gasteiger partial charge is 0.411 e. The van der Waals surface area contributed by atoms with Gasteiger partial charge in [-0.1, -0.05) is 48.5 Å². The minimum atomic E-state index is -0.0934. The molecule has 4 heteroatoms. The topological polar surface area (TPSA) is 54.6 Å². The van der Waals surface area contributed by atoms with E-state index in [1.807, 2.05) is 55.5 Å². The van der Waals surface area contributed by atoms with Crippen LogP contribution < -0.4 is 5.56 Å². The maximum Gasteiger partial charge on any atom is 0.263 e. The number of oxime groups is 1. The SMILES string of the molecule is CCc1cc2cccc(/C(C)=N\O)c2c(=O)n1-c1ccccc1. The molecule has 0 aliphatic carbocycles. The van der Waals surface area contributed by atoms with E-state index in [4.69, 9.17) is 5.21 Å². The molecular formula is C19H18N2O2. The van der Waals surface area contributed by atoms with E-state index >= 15 is 0 Å². The number of aromatic nitrogens is 1. The molecule has 3 rings (SSSR count). The average Bonchev–Trinajstić information content (AvgIpc) is 2.60. The fraction of sp³-hybridized carbons (Fsp3) is 0.158. The molecule has 0 aliphatic rings. The van der Waals surface area contributed by atoms with Gasteiger partial charge in [0.15, 0.2) is 0 Å². The Labute approximate surface area is 134 Å². The third-order valence-electron chi connectivity index (χ3n) is 4.04. The molecule has 1 N–H and O–H groups in total. The Morgan fingerprint density at radius 3 is 2.52 bits per heavy atom. The van der Waals surface area contributed by atoms with Gasteiger partial charge >= 0.3 is 0 Å². The van der Waals surface area contributed by atoms with Gasteiger partial charge in [0.1, 0.15) is 0 Å². The second kappa shape index (κ2) is 6.08. The third-order valence-corrected chi connectivity index (χ3v) is 4.04. The molecule has 3 aromatic rings. The number of rotatable bonds is 3. The van der Waals surface area contributed by atoms with E-state index < -0.39 is 0 Å². The normalized spacial score (nSPS) is 11.8.